The zero-order valence-electron chi connectivity index (χ0n) is 19.5. The molecule has 1 saturated heterocycles. The van der Waals surface area contributed by atoms with E-state index in [1.54, 1.807) is 61.5 Å². The Morgan fingerprint density at radius 1 is 1.12 bits per heavy atom. The van der Waals surface area contributed by atoms with E-state index in [2.05, 4.69) is 0 Å². The summed E-state index contributed by atoms with van der Waals surface area (Å²) >= 11 is 6.03. The van der Waals surface area contributed by atoms with Crippen LogP contribution < -0.4 is 9.64 Å². The van der Waals surface area contributed by atoms with Crippen LogP contribution in [0.25, 0.3) is 5.76 Å². The van der Waals surface area contributed by atoms with Gasteiger partial charge in [0.25, 0.3) is 11.7 Å². The number of hydrogen-bond donors (Lipinski definition) is 1. The highest BCUT2D eigenvalue weighted by Crippen LogP contribution is 2.43. The SMILES string of the molecule is CCOc1ccc(/C(O)=C2/C(=O)C(=O)N(c3ccc(Cl)cc3)C2c2ccc(C)o2)cc1C(C)C. The Morgan fingerprint density at radius 2 is 1.82 bits per heavy atom. The van der Waals surface area contributed by atoms with Crippen LogP contribution in [0, 0.1) is 6.92 Å². The Balaban J connectivity index is 1.91. The van der Waals surface area contributed by atoms with Crippen molar-refractivity contribution in [3.63, 3.8) is 0 Å². The van der Waals surface area contributed by atoms with Gasteiger partial charge in [0.2, 0.25) is 0 Å². The minimum atomic E-state index is -0.927. The van der Waals surface area contributed by atoms with Crippen LogP contribution in [0.4, 0.5) is 5.69 Å². The second kappa shape index (κ2) is 9.39. The van der Waals surface area contributed by atoms with E-state index in [0.29, 0.717) is 40.2 Å². The first-order valence-corrected chi connectivity index (χ1v) is 11.5. The van der Waals surface area contributed by atoms with Crippen molar-refractivity contribution in [1.82, 2.24) is 0 Å². The predicted octanol–water partition coefficient (Wildman–Crippen LogP) is 6.39. The van der Waals surface area contributed by atoms with E-state index in [4.69, 9.17) is 20.8 Å². The van der Waals surface area contributed by atoms with Crippen LogP contribution in [0.1, 0.15) is 55.4 Å². The van der Waals surface area contributed by atoms with Gasteiger partial charge in [0, 0.05) is 16.3 Å². The average molecular weight is 480 g/mol. The third kappa shape index (κ3) is 4.21. The number of benzene rings is 2. The van der Waals surface area contributed by atoms with Crippen LogP contribution in [0.15, 0.2) is 64.6 Å². The lowest BCUT2D eigenvalue weighted by molar-refractivity contribution is -0.132. The number of carbonyl (C=O) groups excluding carboxylic acids is 2. The summed E-state index contributed by atoms with van der Waals surface area (Å²) in [6, 6.07) is 14.4. The summed E-state index contributed by atoms with van der Waals surface area (Å²) in [5, 5.41) is 11.9. The maximum atomic E-state index is 13.2. The summed E-state index contributed by atoms with van der Waals surface area (Å²) in [5.41, 5.74) is 1.75. The summed E-state index contributed by atoms with van der Waals surface area (Å²) in [4.78, 5) is 27.8. The van der Waals surface area contributed by atoms with Crippen molar-refractivity contribution in [2.24, 2.45) is 0 Å². The van der Waals surface area contributed by atoms with Crippen LogP contribution in [0.2, 0.25) is 5.02 Å². The molecule has 1 unspecified atom stereocenters. The molecular formula is C27H26ClNO5. The number of anilines is 1. The summed E-state index contributed by atoms with van der Waals surface area (Å²) in [6.45, 7) is 8.23. The van der Waals surface area contributed by atoms with E-state index in [1.807, 2.05) is 20.8 Å². The number of ether oxygens (including phenoxy) is 1. The number of halogens is 1. The molecule has 1 aromatic heterocycles. The maximum Gasteiger partial charge on any atom is 0.300 e. The minimum Gasteiger partial charge on any atom is -0.507 e. The van der Waals surface area contributed by atoms with Gasteiger partial charge in [0.15, 0.2) is 0 Å². The van der Waals surface area contributed by atoms with Gasteiger partial charge < -0.3 is 14.3 Å². The highest BCUT2D eigenvalue weighted by molar-refractivity contribution is 6.51. The van der Waals surface area contributed by atoms with Gasteiger partial charge in [0.1, 0.15) is 29.1 Å². The van der Waals surface area contributed by atoms with Crippen molar-refractivity contribution in [3.05, 3.63) is 87.8 Å². The highest BCUT2D eigenvalue weighted by atomic mass is 35.5. The Hall–Kier alpha value is -3.51. The predicted molar refractivity (Wildman–Crippen MR) is 131 cm³/mol. The van der Waals surface area contributed by atoms with Gasteiger partial charge in [-0.2, -0.15) is 0 Å². The highest BCUT2D eigenvalue weighted by Gasteiger charge is 2.48. The Bertz CT molecular complexity index is 1270. The molecule has 0 saturated carbocycles. The van der Waals surface area contributed by atoms with Crippen LogP contribution >= 0.6 is 11.6 Å². The molecule has 7 heteroatoms. The van der Waals surface area contributed by atoms with E-state index < -0.39 is 17.7 Å². The van der Waals surface area contributed by atoms with Crippen LogP contribution in [-0.2, 0) is 9.59 Å². The summed E-state index contributed by atoms with van der Waals surface area (Å²) < 4.78 is 11.6. The van der Waals surface area contributed by atoms with Gasteiger partial charge in [-0.1, -0.05) is 25.4 Å². The standard InChI is InChI=1S/C27H26ClNO5/c1-5-33-21-13-7-17(14-20(21)15(2)3)25(30)23-24(22-12-6-16(4)34-22)29(27(32)26(23)31)19-10-8-18(28)9-11-19/h6-15,24,30H,5H2,1-4H3/b25-23-. The van der Waals surface area contributed by atoms with Gasteiger partial charge in [-0.3, -0.25) is 14.5 Å². The molecule has 0 bridgehead atoms. The van der Waals surface area contributed by atoms with Crippen molar-refractivity contribution >= 4 is 34.7 Å². The fourth-order valence-electron chi connectivity index (χ4n) is 4.16. The minimum absolute atomic E-state index is 0.0341. The number of ketones is 1. The van der Waals surface area contributed by atoms with E-state index in [1.165, 1.54) is 4.90 Å². The fourth-order valence-corrected chi connectivity index (χ4v) is 4.29. The van der Waals surface area contributed by atoms with Crippen molar-refractivity contribution in [2.75, 3.05) is 11.5 Å². The molecule has 1 atom stereocenters. The molecule has 1 aliphatic rings. The molecule has 0 aliphatic carbocycles. The number of rotatable bonds is 6. The van der Waals surface area contributed by atoms with Crippen molar-refractivity contribution in [2.45, 2.75) is 39.7 Å². The zero-order valence-corrected chi connectivity index (χ0v) is 20.2. The van der Waals surface area contributed by atoms with Gasteiger partial charge in [-0.25, -0.2) is 0 Å². The first-order chi connectivity index (χ1) is 16.2. The third-order valence-electron chi connectivity index (χ3n) is 5.78. The quantitative estimate of drug-likeness (QED) is 0.252. The number of aliphatic hydroxyl groups excluding tert-OH is 1. The monoisotopic (exact) mass is 479 g/mol. The van der Waals surface area contributed by atoms with E-state index >= 15 is 0 Å². The van der Waals surface area contributed by atoms with Gasteiger partial charge in [0.05, 0.1) is 12.2 Å². The number of hydrogen-bond acceptors (Lipinski definition) is 5. The molecule has 0 spiro atoms. The molecule has 1 N–H and O–H groups in total. The second-order valence-corrected chi connectivity index (χ2v) is 8.87. The van der Waals surface area contributed by atoms with Gasteiger partial charge in [-0.15, -0.1) is 0 Å². The molecule has 3 aromatic rings. The summed E-state index contributed by atoms with van der Waals surface area (Å²) in [7, 11) is 0. The van der Waals surface area contributed by atoms with Gasteiger partial charge >= 0.3 is 0 Å². The topological polar surface area (TPSA) is 80.0 Å². The first kappa shape index (κ1) is 23.6. The Labute approximate surface area is 203 Å². The smallest absolute Gasteiger partial charge is 0.300 e. The van der Waals surface area contributed by atoms with Gasteiger partial charge in [-0.05, 0) is 79.9 Å². The van der Waals surface area contributed by atoms with E-state index in [-0.39, 0.29) is 17.3 Å². The normalized spacial score (nSPS) is 17.6. The molecule has 0 radical (unpaired) electrons. The molecule has 1 fully saturated rings. The molecule has 1 aliphatic heterocycles. The fraction of sp³-hybridized carbons (Fsp3) is 0.259. The maximum absolute atomic E-state index is 13.2. The number of Topliss-reactive ketones (excluding diaryl/α,β-unsaturated/α-hetero) is 1. The van der Waals surface area contributed by atoms with Crippen LogP contribution in [0.5, 0.6) is 5.75 Å². The van der Waals surface area contributed by atoms with Crippen LogP contribution in [-0.4, -0.2) is 23.4 Å². The number of carbonyl (C=O) groups is 2. The summed E-state index contributed by atoms with van der Waals surface area (Å²) in [5.74, 6) is 0.0366. The average Bonchev–Trinajstić information content (AvgIpc) is 3.35. The molecule has 4 rings (SSSR count). The lowest BCUT2D eigenvalue weighted by atomic mass is 9.95. The Kier molecular flexibility index (Phi) is 6.53. The zero-order chi connectivity index (χ0) is 24.6. The molecule has 1 amide bonds. The molecular weight excluding hydrogens is 454 g/mol. The second-order valence-electron chi connectivity index (χ2n) is 8.43. The Morgan fingerprint density at radius 3 is 2.41 bits per heavy atom. The molecule has 34 heavy (non-hydrogen) atoms. The molecule has 176 valence electrons. The third-order valence-corrected chi connectivity index (χ3v) is 6.04. The van der Waals surface area contributed by atoms with Crippen molar-refractivity contribution in [1.29, 1.82) is 0 Å². The van der Waals surface area contributed by atoms with E-state index in [0.717, 1.165) is 5.56 Å². The number of aliphatic hydroxyl groups is 1. The number of aryl methyl sites for hydroxylation is 1. The molecule has 2 aromatic carbocycles. The van der Waals surface area contributed by atoms with E-state index in [9.17, 15) is 14.7 Å². The molecule has 6 nitrogen and oxygen atoms in total. The largest absolute Gasteiger partial charge is 0.507 e. The van der Waals surface area contributed by atoms with Crippen molar-refractivity contribution < 1.29 is 23.8 Å². The lowest BCUT2D eigenvalue weighted by Crippen LogP contribution is -2.29. The van der Waals surface area contributed by atoms with Crippen molar-refractivity contribution in [3.8, 4) is 5.75 Å². The molecule has 2 heterocycles. The number of amides is 1. The number of nitrogens with zero attached hydrogens (tertiary/aromatic N) is 1. The lowest BCUT2D eigenvalue weighted by Gasteiger charge is -2.23. The summed E-state index contributed by atoms with van der Waals surface area (Å²) in [6.07, 6.45) is 0. The first-order valence-electron chi connectivity index (χ1n) is 11.1. The number of furan rings is 1. The van der Waals surface area contributed by atoms with Crippen LogP contribution in [0.3, 0.4) is 0 Å².